The number of aromatic nitrogens is 3. The Morgan fingerprint density at radius 3 is 2.42 bits per heavy atom. The molecule has 0 spiro atoms. The number of thiazole rings is 1. The lowest BCUT2D eigenvalue weighted by atomic mass is 10.0. The molecule has 1 aliphatic heterocycles. The first-order valence-electron chi connectivity index (χ1n) is 12.3. The quantitative estimate of drug-likeness (QED) is 0.257. The van der Waals surface area contributed by atoms with Crippen LogP contribution in [0.4, 0.5) is 4.79 Å². The second kappa shape index (κ2) is 10.6. The van der Waals surface area contributed by atoms with Crippen LogP contribution in [-0.4, -0.2) is 40.0 Å². The second-order valence-electron chi connectivity index (χ2n) is 9.35. The summed E-state index contributed by atoms with van der Waals surface area (Å²) in [5.74, 6) is -0.755. The second-order valence-corrected chi connectivity index (χ2v) is 13.7. The van der Waals surface area contributed by atoms with E-state index in [1.165, 1.54) is 11.3 Å². The van der Waals surface area contributed by atoms with E-state index in [2.05, 4.69) is 15.5 Å². The molecule has 1 saturated heterocycles. The Morgan fingerprint density at radius 2 is 1.73 bits per heavy atom. The highest BCUT2D eigenvalue weighted by atomic mass is 32.2. The van der Waals surface area contributed by atoms with Gasteiger partial charge in [-0.05, 0) is 41.3 Å². The summed E-state index contributed by atoms with van der Waals surface area (Å²) in [5.41, 5.74) is 4.40. The maximum absolute atomic E-state index is 13.9. The third-order valence-electron chi connectivity index (χ3n) is 6.46. The number of imide groups is 1. The van der Waals surface area contributed by atoms with E-state index in [0.717, 1.165) is 33.2 Å². The molecule has 2 unspecified atom stereocenters. The van der Waals surface area contributed by atoms with Crippen LogP contribution in [0.15, 0.2) is 77.2 Å². The first kappa shape index (κ1) is 26.4. The minimum absolute atomic E-state index is 0.000167. The zero-order chi connectivity index (χ0) is 27.9. The van der Waals surface area contributed by atoms with Gasteiger partial charge in [0.15, 0.2) is 15.1 Å². The number of sulfone groups is 1. The first-order chi connectivity index (χ1) is 19.3. The van der Waals surface area contributed by atoms with Crippen molar-refractivity contribution < 1.29 is 22.4 Å². The molecule has 2 atom stereocenters. The molecular formula is C28H22N4O5S3. The maximum atomic E-state index is 13.9. The van der Waals surface area contributed by atoms with Crippen molar-refractivity contribution in [2.45, 2.75) is 29.6 Å². The van der Waals surface area contributed by atoms with Crippen molar-refractivity contribution in [2.24, 2.45) is 0 Å². The Labute approximate surface area is 238 Å². The molecule has 0 bridgehead atoms. The monoisotopic (exact) mass is 590 g/mol. The number of fused-ring (bicyclic) bond motifs is 1. The lowest BCUT2D eigenvalue weighted by molar-refractivity contribution is -0.119. The van der Waals surface area contributed by atoms with Gasteiger partial charge < -0.3 is 4.42 Å². The Balaban J connectivity index is 1.41. The van der Waals surface area contributed by atoms with E-state index in [4.69, 9.17) is 9.40 Å². The van der Waals surface area contributed by atoms with Crippen molar-refractivity contribution in [3.05, 3.63) is 101 Å². The van der Waals surface area contributed by atoms with Crippen LogP contribution < -0.4 is 5.32 Å². The SMILES string of the molecule is Cc1cc2nc(C(c3nnc(CC4SC(=O)NC4=O)o3)S(=O)(=O)Cc3ccccc3)sc2cc1-c1ccccc1. The summed E-state index contributed by atoms with van der Waals surface area (Å²) in [4.78, 5) is 28.3. The highest BCUT2D eigenvalue weighted by molar-refractivity contribution is 8.15. The molecule has 202 valence electrons. The average molecular weight is 591 g/mol. The van der Waals surface area contributed by atoms with Crippen LogP contribution >= 0.6 is 23.1 Å². The predicted molar refractivity (Wildman–Crippen MR) is 154 cm³/mol. The van der Waals surface area contributed by atoms with Gasteiger partial charge in [0.2, 0.25) is 17.7 Å². The Hall–Kier alpha value is -3.87. The van der Waals surface area contributed by atoms with Gasteiger partial charge in [-0.2, -0.15) is 0 Å². The van der Waals surface area contributed by atoms with Gasteiger partial charge in [0.05, 0.1) is 16.0 Å². The van der Waals surface area contributed by atoms with Gasteiger partial charge in [-0.3, -0.25) is 14.9 Å². The van der Waals surface area contributed by atoms with Crippen molar-refractivity contribution in [3.8, 4) is 11.1 Å². The van der Waals surface area contributed by atoms with E-state index in [9.17, 15) is 18.0 Å². The molecule has 6 rings (SSSR count). The molecule has 5 aromatic rings. The van der Waals surface area contributed by atoms with Crippen LogP contribution in [0, 0.1) is 6.92 Å². The summed E-state index contributed by atoms with van der Waals surface area (Å²) in [6, 6.07) is 22.8. The van der Waals surface area contributed by atoms with Crippen LogP contribution in [0.1, 0.15) is 33.2 Å². The third-order valence-corrected chi connectivity index (χ3v) is 10.6. The minimum Gasteiger partial charge on any atom is -0.423 e. The van der Waals surface area contributed by atoms with Gasteiger partial charge in [-0.15, -0.1) is 21.5 Å². The number of nitrogens with one attached hydrogen (secondary N) is 1. The number of thioether (sulfide) groups is 1. The highest BCUT2D eigenvalue weighted by Gasteiger charge is 2.38. The Bertz CT molecular complexity index is 1840. The molecular weight excluding hydrogens is 569 g/mol. The lowest BCUT2D eigenvalue weighted by Gasteiger charge is -2.12. The van der Waals surface area contributed by atoms with Gasteiger partial charge in [-0.1, -0.05) is 72.4 Å². The third kappa shape index (κ3) is 5.29. The Kier molecular flexibility index (Phi) is 6.99. The van der Waals surface area contributed by atoms with Crippen molar-refractivity contribution >= 4 is 54.3 Å². The van der Waals surface area contributed by atoms with Gasteiger partial charge in [0, 0.05) is 6.42 Å². The van der Waals surface area contributed by atoms with Crippen molar-refractivity contribution in [1.29, 1.82) is 0 Å². The summed E-state index contributed by atoms with van der Waals surface area (Å²) in [6.45, 7) is 2.00. The summed E-state index contributed by atoms with van der Waals surface area (Å²) >= 11 is 2.10. The van der Waals surface area contributed by atoms with Crippen LogP contribution in [0.5, 0.6) is 0 Å². The van der Waals surface area contributed by atoms with E-state index in [1.54, 1.807) is 24.3 Å². The lowest BCUT2D eigenvalue weighted by Crippen LogP contribution is -2.25. The Morgan fingerprint density at radius 1 is 1.00 bits per heavy atom. The van der Waals surface area contributed by atoms with E-state index in [0.29, 0.717) is 16.1 Å². The molecule has 2 amide bonds. The highest BCUT2D eigenvalue weighted by Crippen LogP contribution is 2.39. The number of aryl methyl sites for hydroxylation is 1. The molecule has 1 N–H and O–H groups in total. The molecule has 0 radical (unpaired) electrons. The van der Waals surface area contributed by atoms with Crippen LogP contribution in [0.3, 0.4) is 0 Å². The predicted octanol–water partition coefficient (Wildman–Crippen LogP) is 5.25. The van der Waals surface area contributed by atoms with Gasteiger partial charge in [-0.25, -0.2) is 13.4 Å². The summed E-state index contributed by atoms with van der Waals surface area (Å²) < 4.78 is 34.5. The van der Waals surface area contributed by atoms with E-state index in [-0.39, 0.29) is 24.0 Å². The van der Waals surface area contributed by atoms with Crippen molar-refractivity contribution in [1.82, 2.24) is 20.5 Å². The summed E-state index contributed by atoms with van der Waals surface area (Å²) in [5, 5.41) is 8.16. The summed E-state index contributed by atoms with van der Waals surface area (Å²) in [7, 11) is -3.92. The van der Waals surface area contributed by atoms with Crippen LogP contribution in [0.2, 0.25) is 0 Å². The smallest absolute Gasteiger partial charge is 0.286 e. The first-order valence-corrected chi connectivity index (χ1v) is 15.7. The van der Waals surface area contributed by atoms with Crippen LogP contribution in [-0.2, 0) is 26.8 Å². The molecule has 9 nitrogen and oxygen atoms in total. The molecule has 2 aromatic heterocycles. The molecule has 40 heavy (non-hydrogen) atoms. The summed E-state index contributed by atoms with van der Waals surface area (Å²) in [6.07, 6.45) is 0.000167. The molecule has 3 heterocycles. The molecule has 3 aromatic carbocycles. The molecule has 0 aliphatic carbocycles. The van der Waals surface area contributed by atoms with Gasteiger partial charge >= 0.3 is 0 Å². The number of rotatable bonds is 8. The fourth-order valence-electron chi connectivity index (χ4n) is 4.58. The zero-order valence-electron chi connectivity index (χ0n) is 21.1. The van der Waals surface area contributed by atoms with Crippen LogP contribution in [0.25, 0.3) is 21.3 Å². The number of hydrogen-bond donors (Lipinski definition) is 1. The molecule has 1 aliphatic rings. The maximum Gasteiger partial charge on any atom is 0.286 e. The minimum atomic E-state index is -3.92. The van der Waals surface area contributed by atoms with Crippen molar-refractivity contribution in [2.75, 3.05) is 0 Å². The number of hydrogen-bond acceptors (Lipinski definition) is 10. The fraction of sp³-hybridized carbons (Fsp3) is 0.179. The number of amides is 2. The topological polar surface area (TPSA) is 132 Å². The normalized spacial score (nSPS) is 16.4. The number of carbonyl (C=O) groups is 2. The molecule has 1 fully saturated rings. The molecule has 12 heteroatoms. The largest absolute Gasteiger partial charge is 0.423 e. The average Bonchev–Trinajstić information content (AvgIpc) is 3.63. The van der Waals surface area contributed by atoms with E-state index in [1.807, 2.05) is 55.5 Å². The zero-order valence-corrected chi connectivity index (χ0v) is 23.6. The van der Waals surface area contributed by atoms with E-state index < -0.39 is 31.5 Å². The fourth-order valence-corrected chi connectivity index (χ4v) is 8.52. The van der Waals surface area contributed by atoms with Gasteiger partial charge in [0.1, 0.15) is 10.3 Å². The number of carbonyl (C=O) groups excluding carboxylic acids is 2. The standard InChI is InChI=1S/C28H22N4O5S3/c1-16-12-20-21(13-19(16)18-10-6-3-7-11-18)38-27(29-20)24(40(35,36)15-17-8-4-2-5-9-17)26-32-31-23(37-26)14-22-25(33)30-28(34)39-22/h2-13,22,24H,14-15H2,1H3,(H,30,33,34). The number of benzene rings is 3. The number of nitrogens with zero attached hydrogens (tertiary/aromatic N) is 3. The van der Waals surface area contributed by atoms with Gasteiger partial charge in [0.25, 0.3) is 5.24 Å². The van der Waals surface area contributed by atoms with Crippen molar-refractivity contribution in [3.63, 3.8) is 0 Å². The molecule has 0 saturated carbocycles. The van der Waals surface area contributed by atoms with E-state index >= 15 is 0 Å².